The average molecular weight is 304 g/mol. The number of aromatic nitrogens is 5. The molecule has 0 fully saturated rings. The second kappa shape index (κ2) is 5.39. The lowest BCUT2D eigenvalue weighted by Gasteiger charge is -2.03. The van der Waals surface area contributed by atoms with Gasteiger partial charge in [-0.25, -0.2) is 9.48 Å². The van der Waals surface area contributed by atoms with E-state index in [2.05, 4.69) is 15.5 Å². The van der Waals surface area contributed by atoms with Crippen molar-refractivity contribution in [3.63, 3.8) is 0 Å². The molecule has 3 aromatic rings. The molecule has 0 radical (unpaired) electrons. The summed E-state index contributed by atoms with van der Waals surface area (Å²) in [6.07, 6.45) is 0.838. The summed E-state index contributed by atoms with van der Waals surface area (Å²) in [6, 6.07) is 3.99. The van der Waals surface area contributed by atoms with Crippen LogP contribution in [0.4, 0.5) is 5.69 Å². The molecule has 0 amide bonds. The summed E-state index contributed by atoms with van der Waals surface area (Å²) >= 11 is 0. The zero-order valence-electron chi connectivity index (χ0n) is 11.7. The molecule has 0 atom stereocenters. The largest absolute Gasteiger partial charge is 0.420 e. The Labute approximate surface area is 123 Å². The van der Waals surface area contributed by atoms with Gasteiger partial charge in [0.25, 0.3) is 5.69 Å². The molecule has 114 valence electrons. The van der Waals surface area contributed by atoms with Crippen LogP contribution >= 0.6 is 0 Å². The SMILES string of the molecule is CCCn1nnnc1Cn1c(=O)oc2ccc([N+](=O)[O-])cc21. The van der Waals surface area contributed by atoms with E-state index < -0.39 is 10.7 Å². The van der Waals surface area contributed by atoms with E-state index in [1.807, 2.05) is 6.92 Å². The number of nitro groups is 1. The second-order valence-corrected chi connectivity index (χ2v) is 4.68. The van der Waals surface area contributed by atoms with Crippen LogP contribution in [0, 0.1) is 10.1 Å². The van der Waals surface area contributed by atoms with Gasteiger partial charge in [-0.05, 0) is 22.9 Å². The zero-order valence-corrected chi connectivity index (χ0v) is 11.7. The summed E-state index contributed by atoms with van der Waals surface area (Å²) < 4.78 is 7.95. The van der Waals surface area contributed by atoms with Crippen molar-refractivity contribution in [2.24, 2.45) is 0 Å². The van der Waals surface area contributed by atoms with Gasteiger partial charge < -0.3 is 4.42 Å². The Morgan fingerprint density at radius 1 is 1.41 bits per heavy atom. The number of benzene rings is 1. The molecule has 0 N–H and O–H groups in total. The van der Waals surface area contributed by atoms with E-state index in [1.54, 1.807) is 4.68 Å². The van der Waals surface area contributed by atoms with Crippen LogP contribution in [0.15, 0.2) is 27.4 Å². The van der Waals surface area contributed by atoms with E-state index in [9.17, 15) is 14.9 Å². The van der Waals surface area contributed by atoms with Crippen LogP contribution < -0.4 is 5.76 Å². The molecule has 2 aromatic heterocycles. The van der Waals surface area contributed by atoms with Gasteiger partial charge in [0.2, 0.25) is 0 Å². The highest BCUT2D eigenvalue weighted by Crippen LogP contribution is 2.20. The summed E-state index contributed by atoms with van der Waals surface area (Å²) in [5.74, 6) is -0.125. The van der Waals surface area contributed by atoms with Gasteiger partial charge in [0.05, 0.1) is 17.0 Å². The molecule has 0 unspecified atom stereocenters. The Morgan fingerprint density at radius 3 is 2.95 bits per heavy atom. The second-order valence-electron chi connectivity index (χ2n) is 4.68. The fraction of sp³-hybridized carbons (Fsp3) is 0.333. The Morgan fingerprint density at radius 2 is 2.23 bits per heavy atom. The first kappa shape index (κ1) is 13.9. The molecule has 0 aliphatic carbocycles. The number of non-ortho nitro benzene ring substituents is 1. The number of rotatable bonds is 5. The Balaban J connectivity index is 2.07. The smallest absolute Gasteiger partial charge is 0.408 e. The van der Waals surface area contributed by atoms with E-state index in [-0.39, 0.29) is 17.8 Å². The predicted octanol–water partition coefficient (Wildman–Crippen LogP) is 0.947. The zero-order chi connectivity index (χ0) is 15.7. The Kier molecular flexibility index (Phi) is 3.41. The normalized spacial score (nSPS) is 11.1. The van der Waals surface area contributed by atoms with Crippen LogP contribution in [0.3, 0.4) is 0 Å². The summed E-state index contributed by atoms with van der Waals surface area (Å²) in [4.78, 5) is 22.3. The van der Waals surface area contributed by atoms with Crippen molar-refractivity contribution in [3.05, 3.63) is 44.7 Å². The number of hydrogen-bond donors (Lipinski definition) is 0. The van der Waals surface area contributed by atoms with E-state index in [4.69, 9.17) is 4.42 Å². The number of fused-ring (bicyclic) bond motifs is 1. The molecule has 0 aliphatic rings. The number of hydrogen-bond acceptors (Lipinski definition) is 7. The molecule has 10 nitrogen and oxygen atoms in total. The fourth-order valence-electron chi connectivity index (χ4n) is 2.18. The summed E-state index contributed by atoms with van der Waals surface area (Å²) in [5, 5.41) is 22.2. The summed E-state index contributed by atoms with van der Waals surface area (Å²) in [6.45, 7) is 2.68. The molecule has 1 aromatic carbocycles. The Hall–Kier alpha value is -3.04. The van der Waals surface area contributed by atoms with Crippen LogP contribution in [-0.2, 0) is 13.1 Å². The molecule has 3 rings (SSSR count). The number of oxazole rings is 1. The van der Waals surface area contributed by atoms with Crippen molar-refractivity contribution in [1.29, 1.82) is 0 Å². The molecule has 0 aliphatic heterocycles. The highest BCUT2D eigenvalue weighted by atomic mass is 16.6. The maximum atomic E-state index is 12.0. The molecule has 10 heteroatoms. The Bertz CT molecular complexity index is 893. The summed E-state index contributed by atoms with van der Waals surface area (Å²) in [5.41, 5.74) is 0.505. The minimum atomic E-state index is -0.610. The van der Waals surface area contributed by atoms with Gasteiger partial charge >= 0.3 is 5.76 Å². The maximum Gasteiger partial charge on any atom is 0.420 e. The molecule has 2 heterocycles. The average Bonchev–Trinajstić information content (AvgIpc) is 3.04. The molecule has 0 bridgehead atoms. The van der Waals surface area contributed by atoms with E-state index in [0.29, 0.717) is 17.9 Å². The molecule has 0 saturated carbocycles. The van der Waals surface area contributed by atoms with Gasteiger partial charge in [-0.2, -0.15) is 0 Å². The first-order valence-corrected chi connectivity index (χ1v) is 6.63. The third kappa shape index (κ3) is 2.34. The highest BCUT2D eigenvalue weighted by molar-refractivity contribution is 5.75. The highest BCUT2D eigenvalue weighted by Gasteiger charge is 2.16. The summed E-state index contributed by atoms with van der Waals surface area (Å²) in [7, 11) is 0. The van der Waals surface area contributed by atoms with Crippen molar-refractivity contribution >= 4 is 16.8 Å². The van der Waals surface area contributed by atoms with Crippen LogP contribution in [0.5, 0.6) is 0 Å². The minimum absolute atomic E-state index is 0.0833. The standard InChI is InChI=1S/C12H12N6O4/c1-2-5-17-11(13-14-15-17)7-16-9-6-8(18(20)21)3-4-10(9)22-12(16)19/h3-4,6H,2,5,7H2,1H3. The van der Waals surface area contributed by atoms with Crippen molar-refractivity contribution in [1.82, 2.24) is 24.8 Å². The number of tetrazole rings is 1. The van der Waals surface area contributed by atoms with Crippen LogP contribution in [0.1, 0.15) is 19.2 Å². The number of aryl methyl sites for hydroxylation is 1. The quantitative estimate of drug-likeness (QED) is 0.508. The lowest BCUT2D eigenvalue weighted by Crippen LogP contribution is -2.18. The maximum absolute atomic E-state index is 12.0. The van der Waals surface area contributed by atoms with Gasteiger partial charge in [0.15, 0.2) is 11.4 Å². The first-order valence-electron chi connectivity index (χ1n) is 6.63. The van der Waals surface area contributed by atoms with E-state index in [1.165, 1.54) is 22.8 Å². The van der Waals surface area contributed by atoms with E-state index in [0.717, 1.165) is 6.42 Å². The van der Waals surface area contributed by atoms with Crippen LogP contribution in [0.25, 0.3) is 11.1 Å². The number of nitro benzene ring substituents is 1. The molecule has 0 spiro atoms. The van der Waals surface area contributed by atoms with Crippen molar-refractivity contribution in [2.45, 2.75) is 26.4 Å². The third-order valence-electron chi connectivity index (χ3n) is 3.20. The minimum Gasteiger partial charge on any atom is -0.408 e. The topological polar surface area (TPSA) is 122 Å². The third-order valence-corrected chi connectivity index (χ3v) is 3.20. The lowest BCUT2D eigenvalue weighted by molar-refractivity contribution is -0.384. The monoisotopic (exact) mass is 304 g/mol. The fourth-order valence-corrected chi connectivity index (χ4v) is 2.18. The molecule has 22 heavy (non-hydrogen) atoms. The lowest BCUT2D eigenvalue weighted by atomic mass is 10.3. The predicted molar refractivity (Wildman–Crippen MR) is 74.3 cm³/mol. The van der Waals surface area contributed by atoms with Crippen molar-refractivity contribution < 1.29 is 9.34 Å². The van der Waals surface area contributed by atoms with Gasteiger partial charge in [0, 0.05) is 18.7 Å². The van der Waals surface area contributed by atoms with Gasteiger partial charge in [-0.3, -0.25) is 14.7 Å². The van der Waals surface area contributed by atoms with Crippen molar-refractivity contribution in [2.75, 3.05) is 0 Å². The van der Waals surface area contributed by atoms with Crippen LogP contribution in [-0.4, -0.2) is 29.7 Å². The number of nitrogens with zero attached hydrogens (tertiary/aromatic N) is 6. The van der Waals surface area contributed by atoms with Gasteiger partial charge in [-0.1, -0.05) is 6.92 Å². The van der Waals surface area contributed by atoms with Crippen molar-refractivity contribution in [3.8, 4) is 0 Å². The van der Waals surface area contributed by atoms with Gasteiger partial charge in [0.1, 0.15) is 0 Å². The van der Waals surface area contributed by atoms with Gasteiger partial charge in [-0.15, -0.1) is 5.10 Å². The first-order chi connectivity index (χ1) is 10.6. The molecular weight excluding hydrogens is 292 g/mol. The van der Waals surface area contributed by atoms with E-state index >= 15 is 0 Å². The molecular formula is C12H12N6O4. The molecule has 0 saturated heterocycles. The van der Waals surface area contributed by atoms with Crippen LogP contribution in [0.2, 0.25) is 0 Å².